The van der Waals surface area contributed by atoms with Crippen molar-refractivity contribution in [3.05, 3.63) is 60.5 Å². The zero-order valence-electron chi connectivity index (χ0n) is 17.7. The summed E-state index contributed by atoms with van der Waals surface area (Å²) in [4.78, 5) is 19.5. The third-order valence-electron chi connectivity index (χ3n) is 5.56. The summed E-state index contributed by atoms with van der Waals surface area (Å²) in [5, 5.41) is 4.09. The second kappa shape index (κ2) is 10.1. The van der Waals surface area contributed by atoms with E-state index in [1.165, 1.54) is 6.42 Å². The summed E-state index contributed by atoms with van der Waals surface area (Å²) < 4.78 is 16.4. The van der Waals surface area contributed by atoms with Crippen molar-refractivity contribution in [2.45, 2.75) is 44.7 Å². The largest absolute Gasteiger partial charge is 0.497 e. The standard InChI is InChI=1S/C24H27N3O4/c1-29-20-12-14-21(15-13-20)30-17-23(28)27(19-10-6-3-7-11-19)16-22-25-24(26-31-22)18-8-4-2-5-9-18/h2,4-5,8-9,12-15,19H,3,6-7,10-11,16-17H2,1H3. The monoisotopic (exact) mass is 421 g/mol. The van der Waals surface area contributed by atoms with Gasteiger partial charge in [0.25, 0.3) is 5.91 Å². The molecule has 0 atom stereocenters. The second-order valence-electron chi connectivity index (χ2n) is 7.66. The van der Waals surface area contributed by atoms with Crippen LogP contribution in [-0.2, 0) is 11.3 Å². The molecule has 7 heteroatoms. The van der Waals surface area contributed by atoms with Gasteiger partial charge in [0.15, 0.2) is 6.61 Å². The van der Waals surface area contributed by atoms with Crippen LogP contribution < -0.4 is 9.47 Å². The zero-order chi connectivity index (χ0) is 21.5. The van der Waals surface area contributed by atoms with Crippen molar-refractivity contribution in [3.63, 3.8) is 0 Å². The first-order chi connectivity index (χ1) is 15.2. The lowest BCUT2D eigenvalue weighted by Gasteiger charge is -2.33. The van der Waals surface area contributed by atoms with Crippen LogP contribution in [0.15, 0.2) is 59.1 Å². The molecular formula is C24H27N3O4. The Bertz CT molecular complexity index is 966. The first-order valence-corrected chi connectivity index (χ1v) is 10.7. The average molecular weight is 421 g/mol. The Kier molecular flexibility index (Phi) is 6.82. The molecule has 1 aliphatic carbocycles. The molecule has 1 fully saturated rings. The van der Waals surface area contributed by atoms with Crippen LogP contribution >= 0.6 is 0 Å². The molecule has 4 rings (SSSR count). The molecule has 162 valence electrons. The Labute approximate surface area is 182 Å². The molecule has 1 aromatic heterocycles. The minimum Gasteiger partial charge on any atom is -0.497 e. The molecular weight excluding hydrogens is 394 g/mol. The highest BCUT2D eigenvalue weighted by atomic mass is 16.5. The number of ether oxygens (including phenoxy) is 2. The van der Waals surface area contributed by atoms with Crippen molar-refractivity contribution in [1.82, 2.24) is 15.0 Å². The van der Waals surface area contributed by atoms with E-state index in [9.17, 15) is 4.79 Å². The van der Waals surface area contributed by atoms with Gasteiger partial charge in [-0.15, -0.1) is 0 Å². The van der Waals surface area contributed by atoms with Crippen LogP contribution in [0.2, 0.25) is 0 Å². The fraction of sp³-hybridized carbons (Fsp3) is 0.375. The first kappa shape index (κ1) is 20.9. The van der Waals surface area contributed by atoms with Crippen molar-refractivity contribution in [3.8, 4) is 22.9 Å². The average Bonchev–Trinajstić information content (AvgIpc) is 3.31. The molecule has 0 saturated heterocycles. The van der Waals surface area contributed by atoms with E-state index in [1.54, 1.807) is 19.2 Å². The summed E-state index contributed by atoms with van der Waals surface area (Å²) in [7, 11) is 1.61. The van der Waals surface area contributed by atoms with Gasteiger partial charge in [-0.05, 0) is 37.1 Å². The summed E-state index contributed by atoms with van der Waals surface area (Å²) in [6.07, 6.45) is 5.40. The van der Waals surface area contributed by atoms with E-state index in [2.05, 4.69) is 10.1 Å². The molecule has 2 aromatic carbocycles. The van der Waals surface area contributed by atoms with Crippen molar-refractivity contribution in [1.29, 1.82) is 0 Å². The molecule has 1 amide bonds. The highest BCUT2D eigenvalue weighted by Crippen LogP contribution is 2.25. The predicted octanol–water partition coefficient (Wildman–Crippen LogP) is 4.49. The van der Waals surface area contributed by atoms with Crippen molar-refractivity contribution in [2.24, 2.45) is 0 Å². The van der Waals surface area contributed by atoms with Crippen LogP contribution in [0.3, 0.4) is 0 Å². The quantitative estimate of drug-likeness (QED) is 0.533. The van der Waals surface area contributed by atoms with E-state index >= 15 is 0 Å². The Balaban J connectivity index is 1.45. The van der Waals surface area contributed by atoms with Crippen molar-refractivity contribution < 1.29 is 18.8 Å². The van der Waals surface area contributed by atoms with Gasteiger partial charge in [-0.25, -0.2) is 0 Å². The second-order valence-corrected chi connectivity index (χ2v) is 7.66. The lowest BCUT2D eigenvalue weighted by atomic mass is 9.94. The zero-order valence-corrected chi connectivity index (χ0v) is 17.7. The molecule has 0 unspecified atom stereocenters. The maximum atomic E-state index is 13.1. The summed E-state index contributed by atoms with van der Waals surface area (Å²) in [6.45, 7) is 0.248. The third-order valence-corrected chi connectivity index (χ3v) is 5.56. The highest BCUT2D eigenvalue weighted by molar-refractivity contribution is 5.78. The van der Waals surface area contributed by atoms with Gasteiger partial charge in [-0.2, -0.15) is 4.98 Å². The molecule has 1 saturated carbocycles. The van der Waals surface area contributed by atoms with E-state index < -0.39 is 0 Å². The molecule has 7 nitrogen and oxygen atoms in total. The van der Waals surface area contributed by atoms with Gasteiger partial charge >= 0.3 is 0 Å². The van der Waals surface area contributed by atoms with Gasteiger partial charge in [0.05, 0.1) is 7.11 Å². The Hall–Kier alpha value is -3.35. The number of rotatable bonds is 8. The smallest absolute Gasteiger partial charge is 0.261 e. The molecule has 0 bridgehead atoms. The normalized spacial score (nSPS) is 14.2. The van der Waals surface area contributed by atoms with Crippen LogP contribution in [0, 0.1) is 0 Å². The Morgan fingerprint density at radius 3 is 2.45 bits per heavy atom. The van der Waals surface area contributed by atoms with Crippen molar-refractivity contribution in [2.75, 3.05) is 13.7 Å². The summed E-state index contributed by atoms with van der Waals surface area (Å²) in [5.41, 5.74) is 0.885. The molecule has 31 heavy (non-hydrogen) atoms. The van der Waals surface area contributed by atoms with Crippen LogP contribution in [0.25, 0.3) is 11.4 Å². The number of methoxy groups -OCH3 is 1. The van der Waals surface area contributed by atoms with Gasteiger partial charge in [-0.1, -0.05) is 54.8 Å². The van der Waals surface area contributed by atoms with E-state index in [-0.39, 0.29) is 25.1 Å². The Morgan fingerprint density at radius 1 is 1.03 bits per heavy atom. The molecule has 3 aromatic rings. The minimum atomic E-state index is -0.0813. The first-order valence-electron chi connectivity index (χ1n) is 10.7. The molecule has 0 N–H and O–H groups in total. The summed E-state index contributed by atoms with van der Waals surface area (Å²) >= 11 is 0. The number of benzene rings is 2. The number of carbonyl (C=O) groups is 1. The minimum absolute atomic E-state index is 0.0392. The summed E-state index contributed by atoms with van der Waals surface area (Å²) in [5.74, 6) is 2.25. The predicted molar refractivity (Wildman–Crippen MR) is 116 cm³/mol. The number of aromatic nitrogens is 2. The van der Waals surface area contributed by atoms with E-state index in [4.69, 9.17) is 14.0 Å². The fourth-order valence-electron chi connectivity index (χ4n) is 3.88. The molecule has 1 heterocycles. The number of nitrogens with zero attached hydrogens (tertiary/aromatic N) is 3. The van der Waals surface area contributed by atoms with Gasteiger partial charge in [0, 0.05) is 11.6 Å². The molecule has 0 aliphatic heterocycles. The SMILES string of the molecule is COc1ccc(OCC(=O)N(Cc2nc(-c3ccccc3)no2)C2CCCCC2)cc1. The van der Waals surface area contributed by atoms with Crippen LogP contribution in [0.5, 0.6) is 11.5 Å². The lowest BCUT2D eigenvalue weighted by molar-refractivity contribution is -0.137. The Morgan fingerprint density at radius 2 is 1.74 bits per heavy atom. The molecule has 0 radical (unpaired) electrons. The maximum absolute atomic E-state index is 13.1. The number of hydrogen-bond acceptors (Lipinski definition) is 6. The number of amides is 1. The number of hydrogen-bond donors (Lipinski definition) is 0. The fourth-order valence-corrected chi connectivity index (χ4v) is 3.88. The van der Waals surface area contributed by atoms with Crippen LogP contribution in [0.1, 0.15) is 38.0 Å². The lowest BCUT2D eigenvalue weighted by Crippen LogP contribution is -2.43. The van der Waals surface area contributed by atoms with Gasteiger partial charge in [-0.3, -0.25) is 4.79 Å². The van der Waals surface area contributed by atoms with Gasteiger partial charge in [0.1, 0.15) is 18.0 Å². The van der Waals surface area contributed by atoms with Crippen LogP contribution in [0.4, 0.5) is 0 Å². The van der Waals surface area contributed by atoms with Gasteiger partial charge in [0.2, 0.25) is 11.7 Å². The maximum Gasteiger partial charge on any atom is 0.261 e. The van der Waals surface area contributed by atoms with Gasteiger partial charge < -0.3 is 18.9 Å². The van der Waals surface area contributed by atoms with Crippen molar-refractivity contribution >= 4 is 5.91 Å². The number of carbonyl (C=O) groups excluding carboxylic acids is 1. The highest BCUT2D eigenvalue weighted by Gasteiger charge is 2.27. The molecule has 0 spiro atoms. The van der Waals surface area contributed by atoms with Crippen LogP contribution in [-0.4, -0.2) is 40.7 Å². The van der Waals surface area contributed by atoms with E-state index in [0.29, 0.717) is 17.5 Å². The topological polar surface area (TPSA) is 77.7 Å². The molecule has 1 aliphatic rings. The van der Waals surface area contributed by atoms with E-state index in [1.807, 2.05) is 47.4 Å². The third kappa shape index (κ3) is 5.42. The summed E-state index contributed by atoms with van der Waals surface area (Å²) in [6, 6.07) is 17.0. The van der Waals surface area contributed by atoms with E-state index in [0.717, 1.165) is 37.0 Å².